The van der Waals surface area contributed by atoms with Gasteiger partial charge in [-0.15, -0.1) is 0 Å². The van der Waals surface area contributed by atoms with E-state index in [1.54, 1.807) is 25.1 Å². The van der Waals surface area contributed by atoms with Crippen LogP contribution in [0.15, 0.2) is 36.4 Å². The molecule has 0 aliphatic rings. The third-order valence-corrected chi connectivity index (χ3v) is 4.03. The number of rotatable bonds is 8. The molecule has 0 atom stereocenters. The highest BCUT2D eigenvalue weighted by atomic mass is 16.6. The van der Waals surface area contributed by atoms with Crippen LogP contribution < -0.4 is 15.4 Å². The average Bonchev–Trinajstić information content (AvgIpc) is 2.71. The SMILES string of the molecule is COc1cc(NC(=O)COC(=O)CNC(=O)c2cccc(C)c2)c(C)cc1[N+](=O)[O-]. The van der Waals surface area contributed by atoms with Crippen LogP contribution in [0.4, 0.5) is 11.4 Å². The fourth-order valence-electron chi connectivity index (χ4n) is 2.54. The summed E-state index contributed by atoms with van der Waals surface area (Å²) < 4.78 is 9.80. The number of benzene rings is 2. The molecule has 10 nitrogen and oxygen atoms in total. The van der Waals surface area contributed by atoms with Crippen LogP contribution in [-0.4, -0.2) is 43.0 Å². The van der Waals surface area contributed by atoms with Crippen LogP contribution in [0.3, 0.4) is 0 Å². The van der Waals surface area contributed by atoms with Crippen molar-refractivity contribution >= 4 is 29.2 Å². The van der Waals surface area contributed by atoms with Crippen molar-refractivity contribution in [2.75, 3.05) is 25.6 Å². The van der Waals surface area contributed by atoms with Gasteiger partial charge in [-0.3, -0.25) is 24.5 Å². The molecule has 0 spiro atoms. The fourth-order valence-corrected chi connectivity index (χ4v) is 2.54. The second-order valence-electron chi connectivity index (χ2n) is 6.36. The third-order valence-electron chi connectivity index (χ3n) is 4.03. The summed E-state index contributed by atoms with van der Waals surface area (Å²) in [6.07, 6.45) is 0. The van der Waals surface area contributed by atoms with E-state index in [0.717, 1.165) is 5.56 Å². The molecule has 0 bridgehead atoms. The van der Waals surface area contributed by atoms with Crippen molar-refractivity contribution < 1.29 is 28.8 Å². The van der Waals surface area contributed by atoms with Crippen molar-refractivity contribution in [3.63, 3.8) is 0 Å². The number of carbonyl (C=O) groups excluding carboxylic acids is 3. The minimum atomic E-state index is -0.788. The van der Waals surface area contributed by atoms with Gasteiger partial charge in [0.1, 0.15) is 6.54 Å². The van der Waals surface area contributed by atoms with Crippen LogP contribution in [0.5, 0.6) is 5.75 Å². The van der Waals surface area contributed by atoms with Gasteiger partial charge < -0.3 is 20.1 Å². The Morgan fingerprint density at radius 3 is 2.50 bits per heavy atom. The molecule has 0 saturated carbocycles. The lowest BCUT2D eigenvalue weighted by Crippen LogP contribution is -2.32. The van der Waals surface area contributed by atoms with E-state index >= 15 is 0 Å². The molecule has 2 amide bonds. The quantitative estimate of drug-likeness (QED) is 0.383. The molecule has 0 aliphatic heterocycles. The molecule has 2 aromatic carbocycles. The van der Waals surface area contributed by atoms with Gasteiger partial charge in [-0.2, -0.15) is 0 Å². The number of hydrogen-bond acceptors (Lipinski definition) is 7. The molecule has 158 valence electrons. The van der Waals surface area contributed by atoms with E-state index in [0.29, 0.717) is 11.1 Å². The summed E-state index contributed by atoms with van der Waals surface area (Å²) in [5.41, 5.74) is 1.80. The summed E-state index contributed by atoms with van der Waals surface area (Å²) in [7, 11) is 1.27. The zero-order valence-corrected chi connectivity index (χ0v) is 16.7. The first-order valence-corrected chi connectivity index (χ1v) is 8.84. The summed E-state index contributed by atoms with van der Waals surface area (Å²) in [6.45, 7) is 2.43. The van der Waals surface area contributed by atoms with Gasteiger partial charge in [0, 0.05) is 23.4 Å². The summed E-state index contributed by atoms with van der Waals surface area (Å²) >= 11 is 0. The minimum Gasteiger partial charge on any atom is -0.490 e. The van der Waals surface area contributed by atoms with Crippen molar-refractivity contribution in [1.29, 1.82) is 0 Å². The zero-order chi connectivity index (χ0) is 22.3. The predicted octanol–water partition coefficient (Wildman–Crippen LogP) is 2.13. The van der Waals surface area contributed by atoms with Crippen molar-refractivity contribution in [2.24, 2.45) is 0 Å². The maximum atomic E-state index is 12.0. The molecule has 0 unspecified atom stereocenters. The van der Waals surface area contributed by atoms with E-state index in [-0.39, 0.29) is 17.1 Å². The lowest BCUT2D eigenvalue weighted by atomic mass is 10.1. The third kappa shape index (κ3) is 6.03. The van der Waals surface area contributed by atoms with E-state index in [9.17, 15) is 24.5 Å². The number of nitro groups is 1. The highest BCUT2D eigenvalue weighted by Crippen LogP contribution is 2.32. The Bertz CT molecular complexity index is 988. The molecule has 0 fully saturated rings. The molecular formula is C20H21N3O7. The lowest BCUT2D eigenvalue weighted by Gasteiger charge is -2.11. The number of anilines is 1. The largest absolute Gasteiger partial charge is 0.490 e. The Morgan fingerprint density at radius 2 is 1.87 bits per heavy atom. The molecule has 0 aromatic heterocycles. The first kappa shape index (κ1) is 22.3. The molecule has 0 radical (unpaired) electrons. The number of nitro benzene ring substituents is 1. The van der Waals surface area contributed by atoms with Gasteiger partial charge in [-0.05, 0) is 31.5 Å². The van der Waals surface area contributed by atoms with Crippen LogP contribution in [0.1, 0.15) is 21.5 Å². The lowest BCUT2D eigenvalue weighted by molar-refractivity contribution is -0.385. The number of nitrogens with zero attached hydrogens (tertiary/aromatic N) is 1. The number of hydrogen-bond donors (Lipinski definition) is 2. The van der Waals surface area contributed by atoms with Crippen LogP contribution in [0.2, 0.25) is 0 Å². The number of methoxy groups -OCH3 is 1. The maximum Gasteiger partial charge on any atom is 0.325 e. The number of esters is 1. The van der Waals surface area contributed by atoms with E-state index in [1.165, 1.54) is 19.2 Å². The predicted molar refractivity (Wildman–Crippen MR) is 107 cm³/mol. The summed E-state index contributed by atoms with van der Waals surface area (Å²) in [5.74, 6) is -1.89. The highest BCUT2D eigenvalue weighted by Gasteiger charge is 2.19. The van der Waals surface area contributed by atoms with Crippen molar-refractivity contribution in [3.05, 3.63) is 63.2 Å². The van der Waals surface area contributed by atoms with Crippen LogP contribution in [0.25, 0.3) is 0 Å². The van der Waals surface area contributed by atoms with Gasteiger partial charge in [0.25, 0.3) is 11.8 Å². The topological polar surface area (TPSA) is 137 Å². The number of aryl methyl sites for hydroxylation is 2. The van der Waals surface area contributed by atoms with Gasteiger partial charge >= 0.3 is 11.7 Å². The molecule has 0 heterocycles. The monoisotopic (exact) mass is 415 g/mol. The Kier molecular flexibility index (Phi) is 7.45. The van der Waals surface area contributed by atoms with Crippen LogP contribution >= 0.6 is 0 Å². The van der Waals surface area contributed by atoms with E-state index < -0.39 is 35.9 Å². The number of amides is 2. The number of ether oxygens (including phenoxy) is 2. The van der Waals surface area contributed by atoms with Crippen molar-refractivity contribution in [3.8, 4) is 5.75 Å². The number of nitrogens with one attached hydrogen (secondary N) is 2. The minimum absolute atomic E-state index is 0.0169. The van der Waals surface area contributed by atoms with Crippen LogP contribution in [-0.2, 0) is 14.3 Å². The zero-order valence-electron chi connectivity index (χ0n) is 16.7. The van der Waals surface area contributed by atoms with Gasteiger partial charge in [0.15, 0.2) is 12.4 Å². The maximum absolute atomic E-state index is 12.0. The normalized spacial score (nSPS) is 10.1. The van der Waals surface area contributed by atoms with E-state index in [1.807, 2.05) is 13.0 Å². The second-order valence-corrected chi connectivity index (χ2v) is 6.36. The first-order valence-electron chi connectivity index (χ1n) is 8.84. The molecule has 2 rings (SSSR count). The summed E-state index contributed by atoms with van der Waals surface area (Å²) in [5, 5.41) is 15.9. The molecule has 30 heavy (non-hydrogen) atoms. The first-order chi connectivity index (χ1) is 14.2. The van der Waals surface area contributed by atoms with Crippen molar-refractivity contribution in [2.45, 2.75) is 13.8 Å². The fraction of sp³-hybridized carbons (Fsp3) is 0.250. The summed E-state index contributed by atoms with van der Waals surface area (Å²) in [4.78, 5) is 46.2. The Morgan fingerprint density at radius 1 is 1.13 bits per heavy atom. The van der Waals surface area contributed by atoms with Gasteiger partial charge in [-0.1, -0.05) is 17.7 Å². The van der Waals surface area contributed by atoms with Gasteiger partial charge in [0.05, 0.1) is 12.0 Å². The van der Waals surface area contributed by atoms with Crippen molar-refractivity contribution in [1.82, 2.24) is 5.32 Å². The molecule has 0 saturated heterocycles. The average molecular weight is 415 g/mol. The Hall–Kier alpha value is -3.95. The molecule has 2 aromatic rings. The molecule has 10 heteroatoms. The van der Waals surface area contributed by atoms with Gasteiger partial charge in [-0.25, -0.2) is 0 Å². The Balaban J connectivity index is 1.86. The standard InChI is InChI=1S/C20H21N3O7/c1-12-5-4-6-14(7-12)20(26)21-10-19(25)30-11-18(24)22-15-9-17(29-3)16(23(27)28)8-13(15)2/h4-9H,10-11H2,1-3H3,(H,21,26)(H,22,24). The Labute approximate surface area is 172 Å². The summed E-state index contributed by atoms with van der Waals surface area (Å²) in [6, 6.07) is 9.43. The number of carbonyl (C=O) groups is 3. The van der Waals surface area contributed by atoms with Crippen LogP contribution in [0, 0.1) is 24.0 Å². The second kappa shape index (κ2) is 10.0. The van der Waals surface area contributed by atoms with E-state index in [4.69, 9.17) is 9.47 Å². The van der Waals surface area contributed by atoms with Gasteiger partial charge in [0.2, 0.25) is 0 Å². The molecular weight excluding hydrogens is 394 g/mol. The smallest absolute Gasteiger partial charge is 0.325 e. The molecule has 2 N–H and O–H groups in total. The highest BCUT2D eigenvalue weighted by molar-refractivity contribution is 5.97. The van der Waals surface area contributed by atoms with E-state index in [2.05, 4.69) is 10.6 Å². The molecule has 0 aliphatic carbocycles.